The van der Waals surface area contributed by atoms with Crippen molar-refractivity contribution in [3.63, 3.8) is 0 Å². The van der Waals surface area contributed by atoms with Crippen molar-refractivity contribution in [2.24, 2.45) is 0 Å². The highest BCUT2D eigenvalue weighted by atomic mass is 35.5. The van der Waals surface area contributed by atoms with Gasteiger partial charge in [-0.25, -0.2) is 4.98 Å². The predicted octanol–water partition coefficient (Wildman–Crippen LogP) is 3.68. The van der Waals surface area contributed by atoms with E-state index in [4.69, 9.17) is 11.6 Å². The number of nitro groups is 1. The van der Waals surface area contributed by atoms with E-state index in [0.717, 1.165) is 25.5 Å². The number of aromatic nitrogens is 1. The van der Waals surface area contributed by atoms with Crippen LogP contribution in [-0.2, 0) is 0 Å². The van der Waals surface area contributed by atoms with Crippen LogP contribution in [0.25, 0.3) is 0 Å². The Morgan fingerprint density at radius 3 is 2.71 bits per heavy atom. The highest BCUT2D eigenvalue weighted by molar-refractivity contribution is 6.29. The van der Waals surface area contributed by atoms with Gasteiger partial charge in [0.15, 0.2) is 0 Å². The fourth-order valence-electron chi connectivity index (χ4n) is 1.97. The number of unbranched alkanes of at least 4 members (excludes halogenated alkanes) is 1. The molecule has 0 aliphatic rings. The van der Waals surface area contributed by atoms with Gasteiger partial charge in [0.1, 0.15) is 16.9 Å². The summed E-state index contributed by atoms with van der Waals surface area (Å²) in [6.45, 7) is 6.51. The number of carbonyl (C=O) groups is 1. The first-order valence-corrected chi connectivity index (χ1v) is 7.41. The molecular formula is C14H20ClN3O3. The number of hydrogen-bond acceptors (Lipinski definition) is 4. The van der Waals surface area contributed by atoms with Gasteiger partial charge in [-0.2, -0.15) is 0 Å². The molecule has 0 saturated heterocycles. The van der Waals surface area contributed by atoms with Crippen LogP contribution in [-0.4, -0.2) is 33.3 Å². The maximum absolute atomic E-state index is 12.7. The zero-order valence-corrected chi connectivity index (χ0v) is 13.3. The minimum absolute atomic E-state index is 0.00333. The lowest BCUT2D eigenvalue weighted by Gasteiger charge is -2.28. The lowest BCUT2D eigenvalue weighted by Crippen LogP contribution is -2.39. The number of halogens is 1. The van der Waals surface area contributed by atoms with E-state index in [1.165, 1.54) is 6.07 Å². The van der Waals surface area contributed by atoms with Crippen molar-refractivity contribution in [3.8, 4) is 0 Å². The summed E-state index contributed by atoms with van der Waals surface area (Å²) in [4.78, 5) is 28.5. The quantitative estimate of drug-likeness (QED) is 0.437. The first kappa shape index (κ1) is 17.4. The van der Waals surface area contributed by atoms with Crippen molar-refractivity contribution < 1.29 is 9.72 Å². The minimum Gasteiger partial charge on any atom is -0.336 e. The second-order valence-electron chi connectivity index (χ2n) is 4.89. The molecule has 1 atom stereocenters. The van der Waals surface area contributed by atoms with Crippen LogP contribution in [0.5, 0.6) is 0 Å². The summed E-state index contributed by atoms with van der Waals surface area (Å²) in [7, 11) is 0. The van der Waals surface area contributed by atoms with Crippen molar-refractivity contribution in [2.45, 2.75) is 46.1 Å². The van der Waals surface area contributed by atoms with E-state index in [9.17, 15) is 14.9 Å². The van der Waals surface area contributed by atoms with Crippen LogP contribution in [0.3, 0.4) is 0 Å². The largest absolute Gasteiger partial charge is 0.336 e. The van der Waals surface area contributed by atoms with Crippen molar-refractivity contribution in [2.75, 3.05) is 6.54 Å². The highest BCUT2D eigenvalue weighted by Gasteiger charge is 2.27. The molecule has 1 amide bonds. The first-order valence-electron chi connectivity index (χ1n) is 7.03. The SMILES string of the molecule is CCCCN(C(=O)c1cc(Cl)ncc1[N+](=O)[O-])C(C)CC. The molecule has 0 aliphatic heterocycles. The number of rotatable bonds is 7. The van der Waals surface area contributed by atoms with Crippen LogP contribution in [0.4, 0.5) is 5.69 Å². The Morgan fingerprint density at radius 1 is 1.52 bits per heavy atom. The van der Waals surface area contributed by atoms with Gasteiger partial charge in [0.05, 0.1) is 4.92 Å². The molecule has 1 heterocycles. The fourth-order valence-corrected chi connectivity index (χ4v) is 2.12. The molecule has 0 radical (unpaired) electrons. The molecule has 0 spiro atoms. The van der Waals surface area contributed by atoms with Gasteiger partial charge in [-0.3, -0.25) is 14.9 Å². The number of amides is 1. The average molecular weight is 314 g/mol. The third kappa shape index (κ3) is 4.39. The summed E-state index contributed by atoms with van der Waals surface area (Å²) < 4.78 is 0. The zero-order valence-electron chi connectivity index (χ0n) is 12.5. The molecule has 1 aromatic rings. The summed E-state index contributed by atoms with van der Waals surface area (Å²) in [6, 6.07) is 1.28. The number of nitrogens with zero attached hydrogens (tertiary/aromatic N) is 3. The Balaban J connectivity index is 3.18. The van der Waals surface area contributed by atoms with Gasteiger partial charge in [-0.15, -0.1) is 0 Å². The van der Waals surface area contributed by atoms with Crippen molar-refractivity contribution in [1.29, 1.82) is 0 Å². The van der Waals surface area contributed by atoms with E-state index in [1.54, 1.807) is 4.90 Å². The Morgan fingerprint density at radius 2 is 2.19 bits per heavy atom. The summed E-state index contributed by atoms with van der Waals surface area (Å²) in [5.74, 6) is -0.367. The fraction of sp³-hybridized carbons (Fsp3) is 0.571. The molecule has 21 heavy (non-hydrogen) atoms. The molecule has 0 saturated carbocycles. The number of hydrogen-bond donors (Lipinski definition) is 0. The molecule has 0 fully saturated rings. The molecule has 116 valence electrons. The molecule has 0 aliphatic carbocycles. The van der Waals surface area contributed by atoms with E-state index >= 15 is 0 Å². The van der Waals surface area contributed by atoms with Crippen molar-refractivity contribution in [3.05, 3.63) is 33.1 Å². The highest BCUT2D eigenvalue weighted by Crippen LogP contribution is 2.23. The van der Waals surface area contributed by atoms with E-state index in [1.807, 2.05) is 20.8 Å². The smallest absolute Gasteiger partial charge is 0.300 e. The van der Waals surface area contributed by atoms with E-state index in [2.05, 4.69) is 4.98 Å². The Hall–Kier alpha value is -1.69. The number of pyridine rings is 1. The van der Waals surface area contributed by atoms with Gasteiger partial charge in [-0.05, 0) is 25.8 Å². The maximum Gasteiger partial charge on any atom is 0.300 e. The molecule has 1 unspecified atom stereocenters. The topological polar surface area (TPSA) is 76.3 Å². The molecule has 0 bridgehead atoms. The average Bonchev–Trinajstić information content (AvgIpc) is 2.46. The lowest BCUT2D eigenvalue weighted by molar-refractivity contribution is -0.385. The Bertz CT molecular complexity index is 522. The monoisotopic (exact) mass is 313 g/mol. The van der Waals surface area contributed by atoms with E-state index < -0.39 is 4.92 Å². The summed E-state index contributed by atoms with van der Waals surface area (Å²) in [5.41, 5.74) is -0.314. The van der Waals surface area contributed by atoms with Crippen LogP contribution in [0.15, 0.2) is 12.3 Å². The van der Waals surface area contributed by atoms with Crippen LogP contribution in [0.2, 0.25) is 5.15 Å². The van der Waals surface area contributed by atoms with Gasteiger partial charge in [0.25, 0.3) is 11.6 Å². The van der Waals surface area contributed by atoms with Gasteiger partial charge < -0.3 is 4.90 Å². The normalized spacial score (nSPS) is 12.0. The minimum atomic E-state index is -0.606. The lowest BCUT2D eigenvalue weighted by atomic mass is 10.1. The number of carbonyl (C=O) groups excluding carboxylic acids is 1. The molecule has 0 N–H and O–H groups in total. The molecule has 0 aromatic carbocycles. The maximum atomic E-state index is 12.7. The summed E-state index contributed by atoms with van der Waals surface area (Å²) in [5, 5.41) is 11.1. The third-order valence-electron chi connectivity index (χ3n) is 3.41. The second kappa shape index (κ2) is 7.93. The van der Waals surface area contributed by atoms with E-state index in [-0.39, 0.29) is 28.4 Å². The van der Waals surface area contributed by atoms with Gasteiger partial charge >= 0.3 is 0 Å². The summed E-state index contributed by atoms with van der Waals surface area (Å²) >= 11 is 5.78. The van der Waals surface area contributed by atoms with Crippen LogP contribution in [0, 0.1) is 10.1 Å². The van der Waals surface area contributed by atoms with Crippen LogP contribution < -0.4 is 0 Å². The Kier molecular flexibility index (Phi) is 6.55. The van der Waals surface area contributed by atoms with Crippen molar-refractivity contribution in [1.82, 2.24) is 9.88 Å². The van der Waals surface area contributed by atoms with Crippen LogP contribution in [0.1, 0.15) is 50.4 Å². The standard InChI is InChI=1S/C14H20ClN3O3/c1-4-6-7-17(10(3)5-2)14(19)11-8-13(15)16-9-12(11)18(20)21/h8-10H,4-7H2,1-3H3. The summed E-state index contributed by atoms with van der Waals surface area (Å²) in [6.07, 6.45) is 3.61. The predicted molar refractivity (Wildman–Crippen MR) is 81.6 cm³/mol. The van der Waals surface area contributed by atoms with Crippen LogP contribution >= 0.6 is 11.6 Å². The van der Waals surface area contributed by atoms with Gasteiger partial charge in [0.2, 0.25) is 0 Å². The molecule has 6 nitrogen and oxygen atoms in total. The van der Waals surface area contributed by atoms with E-state index in [0.29, 0.717) is 6.54 Å². The zero-order chi connectivity index (χ0) is 16.0. The first-order chi connectivity index (χ1) is 9.92. The van der Waals surface area contributed by atoms with Gasteiger partial charge in [-0.1, -0.05) is 31.9 Å². The molecule has 1 aromatic heterocycles. The third-order valence-corrected chi connectivity index (χ3v) is 3.62. The van der Waals surface area contributed by atoms with Gasteiger partial charge in [0, 0.05) is 12.6 Å². The molecular weight excluding hydrogens is 294 g/mol. The Labute approximate surface area is 129 Å². The molecule has 7 heteroatoms. The molecule has 1 rings (SSSR count). The second-order valence-corrected chi connectivity index (χ2v) is 5.28. The van der Waals surface area contributed by atoms with Crippen molar-refractivity contribution >= 4 is 23.2 Å².